The summed E-state index contributed by atoms with van der Waals surface area (Å²) in [5.41, 5.74) is -0.105. The average Bonchev–Trinajstić information content (AvgIpc) is 3.10. The summed E-state index contributed by atoms with van der Waals surface area (Å²) in [6.45, 7) is 6.19. The molecule has 7 aliphatic rings. The van der Waals surface area contributed by atoms with Gasteiger partial charge in [0.25, 0.3) is 0 Å². The fourth-order valence-corrected chi connectivity index (χ4v) is 9.75. The zero-order chi connectivity index (χ0) is 27.4. The number of hydrogen-bond acceptors (Lipinski definition) is 7. The molecule has 0 aromatic heterocycles. The number of allylic oxidation sites excluding steroid dienone is 1. The van der Waals surface area contributed by atoms with Crippen molar-refractivity contribution in [3.05, 3.63) is 57.6 Å². The van der Waals surface area contributed by atoms with Gasteiger partial charge < -0.3 is 29.3 Å². The highest BCUT2D eigenvalue weighted by molar-refractivity contribution is 9.10. The molecule has 1 aromatic carbocycles. The van der Waals surface area contributed by atoms with Crippen molar-refractivity contribution in [1.29, 1.82) is 0 Å². The van der Waals surface area contributed by atoms with Crippen molar-refractivity contribution in [3.63, 3.8) is 0 Å². The third kappa shape index (κ3) is 3.30. The van der Waals surface area contributed by atoms with E-state index in [1.54, 1.807) is 12.1 Å². The van der Waals surface area contributed by atoms with Gasteiger partial charge >= 0.3 is 5.97 Å². The van der Waals surface area contributed by atoms with Crippen molar-refractivity contribution >= 4 is 21.9 Å². The number of halogens is 1. The smallest absolute Gasteiger partial charge is 0.338 e. The van der Waals surface area contributed by atoms with Crippen molar-refractivity contribution < 1.29 is 29.2 Å². The molecule has 210 valence electrons. The molecule has 3 heterocycles. The lowest BCUT2D eigenvalue weighted by molar-refractivity contribution is -0.401. The summed E-state index contributed by atoms with van der Waals surface area (Å²) in [5, 5.41) is 23.8. The largest absolute Gasteiger partial charge is 0.455 e. The van der Waals surface area contributed by atoms with Crippen LogP contribution in [0, 0.1) is 16.7 Å². The van der Waals surface area contributed by atoms with E-state index < -0.39 is 34.6 Å². The van der Waals surface area contributed by atoms with E-state index in [1.165, 1.54) is 0 Å². The Morgan fingerprint density at radius 2 is 1.97 bits per heavy atom. The molecule has 4 aliphatic carbocycles. The molecular weight excluding hydrogens is 562 g/mol. The Morgan fingerprint density at radius 3 is 2.74 bits per heavy atom. The molecule has 0 amide bonds. The van der Waals surface area contributed by atoms with Crippen LogP contribution in [0.5, 0.6) is 0 Å². The lowest BCUT2D eigenvalue weighted by atomic mass is 9.41. The van der Waals surface area contributed by atoms with Crippen molar-refractivity contribution in [2.75, 3.05) is 26.7 Å². The van der Waals surface area contributed by atoms with Crippen LogP contribution in [-0.2, 0) is 14.2 Å². The normalized spacial score (nSPS) is 45.3. The third-order valence-electron chi connectivity index (χ3n) is 11.3. The highest BCUT2D eigenvalue weighted by Gasteiger charge is 2.79. The van der Waals surface area contributed by atoms with Crippen molar-refractivity contribution in [2.45, 2.75) is 81.6 Å². The number of ether oxygens (including phenoxy) is 3. The molecule has 5 fully saturated rings. The maximum absolute atomic E-state index is 13.2. The Kier molecular flexibility index (Phi) is 5.74. The summed E-state index contributed by atoms with van der Waals surface area (Å²) in [6, 6.07) is 7.18. The number of fused-ring (bicyclic) bond motifs is 1. The molecule has 4 bridgehead atoms. The molecule has 8 atom stereocenters. The first-order valence-electron chi connectivity index (χ1n) is 14.3. The van der Waals surface area contributed by atoms with Crippen LogP contribution in [0.3, 0.4) is 0 Å². The van der Waals surface area contributed by atoms with E-state index in [1.807, 2.05) is 19.1 Å². The zero-order valence-corrected chi connectivity index (χ0v) is 24.5. The van der Waals surface area contributed by atoms with Gasteiger partial charge in [0.2, 0.25) is 0 Å². The fraction of sp³-hybridized carbons (Fsp3) is 0.645. The van der Waals surface area contributed by atoms with Crippen molar-refractivity contribution in [2.24, 2.45) is 16.7 Å². The van der Waals surface area contributed by atoms with Gasteiger partial charge in [-0.15, -0.1) is 0 Å². The van der Waals surface area contributed by atoms with Crippen molar-refractivity contribution in [3.8, 4) is 0 Å². The van der Waals surface area contributed by atoms with E-state index in [-0.39, 0.29) is 17.3 Å². The maximum Gasteiger partial charge on any atom is 0.338 e. The molecule has 39 heavy (non-hydrogen) atoms. The van der Waals surface area contributed by atoms with Gasteiger partial charge in [0.1, 0.15) is 17.3 Å². The Hall–Kier alpha value is -1.55. The topological polar surface area (TPSA) is 88.5 Å². The summed E-state index contributed by atoms with van der Waals surface area (Å²) < 4.78 is 20.7. The fourth-order valence-electron chi connectivity index (χ4n) is 9.49. The standard InChI is InChI=1S/C31H38BrNO6/c1-19(38-26(35)20-4-7-22(32)8-5-20)23-10-11-30-24-9-6-21-16-29(36)13-12-27(21,2)31(24,39-29)25(34)17-28(23,30)18-33(3)14-15-37-30/h4-5,7-10,19,21,25,34,36H,6,11-18H2,1-3H3. The molecule has 8 heteroatoms. The van der Waals surface area contributed by atoms with Gasteiger partial charge in [-0.25, -0.2) is 4.79 Å². The van der Waals surface area contributed by atoms with Gasteiger partial charge in [-0.3, -0.25) is 0 Å². The van der Waals surface area contributed by atoms with Crippen LogP contribution in [0.2, 0.25) is 0 Å². The molecule has 8 rings (SSSR count). The van der Waals surface area contributed by atoms with Crippen LogP contribution in [0.25, 0.3) is 0 Å². The number of benzene rings is 1. The Morgan fingerprint density at radius 1 is 1.21 bits per heavy atom. The van der Waals surface area contributed by atoms with Crippen LogP contribution >= 0.6 is 15.9 Å². The number of carbonyl (C=O) groups excluding carboxylic acids is 1. The SMILES string of the molecule is CC(OC(=O)c1ccc(Br)cc1)C1=CCC23OCCN(C)CC12CC(O)C12OC4(O)CCC1(C)C(CC=C32)C4. The second-order valence-electron chi connectivity index (χ2n) is 13.1. The first-order chi connectivity index (χ1) is 18.5. The van der Waals surface area contributed by atoms with Crippen LogP contribution < -0.4 is 0 Å². The number of aliphatic hydroxyl groups is 2. The maximum atomic E-state index is 13.2. The predicted octanol–water partition coefficient (Wildman–Crippen LogP) is 4.37. The molecule has 8 unspecified atom stereocenters. The van der Waals surface area contributed by atoms with E-state index in [9.17, 15) is 15.0 Å². The van der Waals surface area contributed by atoms with Crippen LogP contribution in [-0.4, -0.2) is 77.0 Å². The molecular formula is C31H38BrNO6. The van der Waals surface area contributed by atoms with Crippen LogP contribution in [0.1, 0.15) is 62.7 Å². The van der Waals surface area contributed by atoms with Gasteiger partial charge in [-0.1, -0.05) is 35.0 Å². The van der Waals surface area contributed by atoms with Gasteiger partial charge in [0, 0.05) is 41.2 Å². The number of likely N-dealkylation sites (N-methyl/N-ethyl adjacent to an activating group) is 1. The molecule has 2 saturated carbocycles. The summed E-state index contributed by atoms with van der Waals surface area (Å²) in [4.78, 5) is 15.4. The Balaban J connectivity index is 1.31. The summed E-state index contributed by atoms with van der Waals surface area (Å²) in [7, 11) is 2.09. The van der Waals surface area contributed by atoms with E-state index in [2.05, 4.69) is 47.0 Å². The minimum atomic E-state index is -1.22. The average molecular weight is 601 g/mol. The highest BCUT2D eigenvalue weighted by atomic mass is 79.9. The summed E-state index contributed by atoms with van der Waals surface area (Å²) in [5.74, 6) is -1.34. The van der Waals surface area contributed by atoms with E-state index in [0.717, 1.165) is 35.0 Å². The quantitative estimate of drug-likeness (QED) is 0.394. The first kappa shape index (κ1) is 26.4. The van der Waals surface area contributed by atoms with Gasteiger partial charge in [-0.05, 0) is 81.0 Å². The van der Waals surface area contributed by atoms with Crippen LogP contribution in [0.15, 0.2) is 52.0 Å². The monoisotopic (exact) mass is 599 g/mol. The lowest BCUT2D eigenvalue weighted by Gasteiger charge is -2.73. The molecule has 7 nitrogen and oxygen atoms in total. The molecule has 1 spiro atoms. The van der Waals surface area contributed by atoms with Gasteiger partial charge in [0.15, 0.2) is 5.79 Å². The Bertz CT molecular complexity index is 1280. The predicted molar refractivity (Wildman–Crippen MR) is 148 cm³/mol. The number of carbonyl (C=O) groups is 1. The summed E-state index contributed by atoms with van der Waals surface area (Å²) in [6.07, 6.45) is 7.02. The highest BCUT2D eigenvalue weighted by Crippen LogP contribution is 2.74. The van der Waals surface area contributed by atoms with Gasteiger partial charge in [0.05, 0.1) is 18.3 Å². The van der Waals surface area contributed by atoms with E-state index >= 15 is 0 Å². The van der Waals surface area contributed by atoms with Gasteiger partial charge in [-0.2, -0.15) is 0 Å². The number of rotatable bonds is 3. The minimum absolute atomic E-state index is 0.250. The first-order valence-corrected chi connectivity index (χ1v) is 15.1. The number of nitrogens with zero attached hydrogens (tertiary/aromatic N) is 1. The van der Waals surface area contributed by atoms with E-state index in [0.29, 0.717) is 44.4 Å². The number of esters is 1. The van der Waals surface area contributed by atoms with Crippen LogP contribution in [0.4, 0.5) is 0 Å². The molecule has 3 aliphatic heterocycles. The number of aliphatic hydroxyl groups excluding tert-OH is 1. The summed E-state index contributed by atoms with van der Waals surface area (Å²) >= 11 is 3.42. The second-order valence-corrected chi connectivity index (χ2v) is 14.0. The molecule has 2 N–H and O–H groups in total. The zero-order valence-electron chi connectivity index (χ0n) is 22.9. The van der Waals surface area contributed by atoms with Crippen molar-refractivity contribution in [1.82, 2.24) is 4.90 Å². The molecule has 0 radical (unpaired) electrons. The molecule has 1 aromatic rings. The molecule has 3 saturated heterocycles. The second kappa shape index (κ2) is 8.49. The Labute approximate surface area is 238 Å². The third-order valence-corrected chi connectivity index (χ3v) is 11.8. The minimum Gasteiger partial charge on any atom is -0.455 e. The lowest BCUT2D eigenvalue weighted by Crippen LogP contribution is -2.79. The number of hydrogen-bond donors (Lipinski definition) is 2. The van der Waals surface area contributed by atoms with E-state index in [4.69, 9.17) is 14.2 Å².